The fourth-order valence-electron chi connectivity index (χ4n) is 5.89. The van der Waals surface area contributed by atoms with Crippen LogP contribution in [0.25, 0.3) is 26.9 Å². The summed E-state index contributed by atoms with van der Waals surface area (Å²) in [6, 6.07) is 6.26. The third kappa shape index (κ3) is 4.63. The summed E-state index contributed by atoms with van der Waals surface area (Å²) in [5.41, 5.74) is 3.39. The number of carbonyl (C=O) groups excluding carboxylic acids is 3. The summed E-state index contributed by atoms with van der Waals surface area (Å²) in [7, 11) is 0. The molecule has 0 unspecified atom stereocenters. The molecule has 1 aliphatic carbocycles. The third-order valence-electron chi connectivity index (χ3n) is 8.11. The van der Waals surface area contributed by atoms with Gasteiger partial charge in [0.15, 0.2) is 5.78 Å². The Balaban J connectivity index is 1.33. The first kappa shape index (κ1) is 27.7. The van der Waals surface area contributed by atoms with E-state index in [1.54, 1.807) is 18.5 Å². The number of ketones is 1. The van der Waals surface area contributed by atoms with Gasteiger partial charge in [-0.05, 0) is 71.6 Å². The summed E-state index contributed by atoms with van der Waals surface area (Å²) < 4.78 is 2.11. The smallest absolute Gasteiger partial charge is 0.257 e. The molecule has 12 heteroatoms. The molecule has 1 aromatic carbocycles. The second-order valence-electron chi connectivity index (χ2n) is 11.0. The van der Waals surface area contributed by atoms with Gasteiger partial charge in [0.25, 0.3) is 5.54 Å². The lowest BCUT2D eigenvalue weighted by Crippen LogP contribution is -2.47. The largest absolute Gasteiger partial charge is 0.317 e. The Kier molecular flexibility index (Phi) is 6.65. The van der Waals surface area contributed by atoms with E-state index in [4.69, 9.17) is 6.57 Å². The van der Waals surface area contributed by atoms with E-state index in [0.717, 1.165) is 22.3 Å². The van der Waals surface area contributed by atoms with Crippen LogP contribution in [0, 0.1) is 27.3 Å². The monoisotopic (exact) mass is 626 g/mol. The number of carbonyl (C=O) groups is 3. The van der Waals surface area contributed by atoms with E-state index in [0.29, 0.717) is 33.6 Å². The second kappa shape index (κ2) is 10.1. The molecule has 212 valence electrons. The number of likely N-dealkylation sites (tertiary alicyclic amines) is 1. The number of fused-ring (bicyclic) bond motifs is 2. The molecule has 11 nitrogen and oxygen atoms in total. The van der Waals surface area contributed by atoms with Gasteiger partial charge in [-0.1, -0.05) is 6.07 Å². The summed E-state index contributed by atoms with van der Waals surface area (Å²) in [6.45, 7) is 14.6. The van der Waals surface area contributed by atoms with Gasteiger partial charge in [-0.25, -0.2) is 21.5 Å². The number of pyridine rings is 1. The van der Waals surface area contributed by atoms with Crippen LogP contribution in [0.4, 0.5) is 5.82 Å². The fourth-order valence-corrected chi connectivity index (χ4v) is 6.20. The lowest BCUT2D eigenvalue weighted by atomic mass is 10.0. The molecule has 0 radical (unpaired) electrons. The minimum Gasteiger partial charge on any atom is -0.317 e. The molecule has 1 aliphatic heterocycles. The van der Waals surface area contributed by atoms with Gasteiger partial charge in [0.2, 0.25) is 11.8 Å². The van der Waals surface area contributed by atoms with Gasteiger partial charge >= 0.3 is 0 Å². The third-order valence-corrected chi connectivity index (χ3v) is 8.55. The van der Waals surface area contributed by atoms with Gasteiger partial charge in [0.1, 0.15) is 40.6 Å². The number of aryl methyl sites for hydroxylation is 3. The number of nitrogens with one attached hydrogen (secondary N) is 1. The number of anilines is 1. The van der Waals surface area contributed by atoms with Crippen LogP contribution in [-0.2, 0) is 16.1 Å². The molecular weight excluding hydrogens is 600 g/mol. The number of amides is 2. The summed E-state index contributed by atoms with van der Waals surface area (Å²) >= 11 is 3.33. The van der Waals surface area contributed by atoms with E-state index in [9.17, 15) is 14.4 Å². The number of benzene rings is 1. The van der Waals surface area contributed by atoms with Crippen LogP contribution in [0.3, 0.4) is 0 Å². The number of nitrogens with zero attached hydrogens (tertiary/aromatic N) is 7. The first-order chi connectivity index (χ1) is 20.0. The van der Waals surface area contributed by atoms with Crippen molar-refractivity contribution in [3.63, 3.8) is 0 Å². The maximum Gasteiger partial charge on any atom is 0.257 e. The van der Waals surface area contributed by atoms with Crippen molar-refractivity contribution in [2.75, 3.05) is 5.32 Å². The quantitative estimate of drug-likeness (QED) is 0.190. The molecule has 2 amide bonds. The number of aromatic nitrogens is 5. The van der Waals surface area contributed by atoms with E-state index in [-0.39, 0.29) is 42.3 Å². The first-order valence-electron chi connectivity index (χ1n) is 13.5. The number of hydrogen-bond acceptors (Lipinski definition) is 7. The molecule has 1 saturated heterocycles. The van der Waals surface area contributed by atoms with Crippen molar-refractivity contribution in [3.05, 3.63) is 75.3 Å². The molecule has 3 aromatic heterocycles. The topological polar surface area (TPSA) is 127 Å². The average Bonchev–Trinajstić information content (AvgIpc) is 3.37. The molecule has 2 aliphatic rings. The van der Waals surface area contributed by atoms with Crippen LogP contribution in [-0.4, -0.2) is 64.9 Å². The molecule has 4 aromatic rings. The van der Waals surface area contributed by atoms with E-state index in [2.05, 4.69) is 46.1 Å². The fraction of sp³-hybridized carbons (Fsp3) is 0.333. The van der Waals surface area contributed by atoms with Crippen LogP contribution < -0.4 is 5.32 Å². The zero-order valence-electron chi connectivity index (χ0n) is 23.5. The summed E-state index contributed by atoms with van der Waals surface area (Å²) in [6.07, 6.45) is 4.24. The van der Waals surface area contributed by atoms with Crippen molar-refractivity contribution >= 4 is 50.2 Å². The summed E-state index contributed by atoms with van der Waals surface area (Å²) in [4.78, 5) is 58.3. The Morgan fingerprint density at radius 2 is 1.83 bits per heavy atom. The van der Waals surface area contributed by atoms with Crippen molar-refractivity contribution in [3.8, 4) is 11.1 Å². The van der Waals surface area contributed by atoms with Crippen molar-refractivity contribution in [1.29, 1.82) is 0 Å². The minimum absolute atomic E-state index is 0.180. The van der Waals surface area contributed by atoms with E-state index >= 15 is 0 Å². The molecule has 6 rings (SSSR count). The van der Waals surface area contributed by atoms with Crippen LogP contribution in [0.5, 0.6) is 0 Å². The van der Waals surface area contributed by atoms with Gasteiger partial charge < -0.3 is 15.1 Å². The molecule has 4 heterocycles. The number of Topliss-reactive ketones (excluding diaryl/α,β-unsaturated/α-hetero) is 1. The zero-order chi connectivity index (χ0) is 29.9. The highest BCUT2D eigenvalue weighted by atomic mass is 79.9. The van der Waals surface area contributed by atoms with Crippen LogP contribution >= 0.6 is 15.9 Å². The molecule has 1 N–H and O–H groups in total. The van der Waals surface area contributed by atoms with Crippen molar-refractivity contribution < 1.29 is 14.4 Å². The lowest BCUT2D eigenvalue weighted by molar-refractivity contribution is -0.138. The number of hydrogen-bond donors (Lipinski definition) is 1. The van der Waals surface area contributed by atoms with Crippen LogP contribution in [0.2, 0.25) is 0 Å². The highest BCUT2D eigenvalue weighted by Gasteiger charge is 2.74. The Morgan fingerprint density at radius 1 is 1.10 bits per heavy atom. The van der Waals surface area contributed by atoms with Gasteiger partial charge in [-0.3, -0.25) is 19.1 Å². The Labute approximate surface area is 250 Å². The summed E-state index contributed by atoms with van der Waals surface area (Å²) in [5.74, 6) is 0.100. The van der Waals surface area contributed by atoms with Crippen LogP contribution in [0.15, 0.2) is 41.3 Å². The Morgan fingerprint density at radius 3 is 2.52 bits per heavy atom. The van der Waals surface area contributed by atoms with E-state index in [1.807, 2.05) is 39.0 Å². The number of halogens is 1. The lowest BCUT2D eigenvalue weighted by Gasteiger charge is -2.25. The highest BCUT2D eigenvalue weighted by molar-refractivity contribution is 9.10. The van der Waals surface area contributed by atoms with Crippen LogP contribution in [0.1, 0.15) is 47.2 Å². The SMILES string of the molecule is [C-]#[N+][C@@]12C[C@@H](C(=O)Nc3nc(Br)ccc3C)N(C(=O)Cn3nc(C(C)=O)c4cc(-c5cnc(C)nc5)cc(C)c43)[C@@H]1C2. The predicted octanol–water partition coefficient (Wildman–Crippen LogP) is 4.45. The van der Waals surface area contributed by atoms with Gasteiger partial charge in [-0.15, -0.1) is 0 Å². The average molecular weight is 628 g/mol. The molecule has 1 saturated carbocycles. The van der Waals surface area contributed by atoms with Gasteiger partial charge in [0.05, 0.1) is 18.4 Å². The van der Waals surface area contributed by atoms with E-state index in [1.165, 1.54) is 16.5 Å². The second-order valence-corrected chi connectivity index (χ2v) is 11.8. The highest BCUT2D eigenvalue weighted by Crippen LogP contribution is 2.55. The van der Waals surface area contributed by atoms with Gasteiger partial charge in [-0.2, -0.15) is 5.10 Å². The maximum atomic E-state index is 13.9. The Hall–Kier alpha value is -4.50. The van der Waals surface area contributed by atoms with Crippen molar-refractivity contribution in [2.45, 2.75) is 64.7 Å². The molecule has 42 heavy (non-hydrogen) atoms. The first-order valence-corrected chi connectivity index (χ1v) is 14.3. The molecule has 0 bridgehead atoms. The van der Waals surface area contributed by atoms with Gasteiger partial charge in [0, 0.05) is 30.3 Å². The normalized spacial score (nSPS) is 20.7. The number of rotatable bonds is 6. The number of piperidine rings is 1. The maximum absolute atomic E-state index is 13.9. The van der Waals surface area contributed by atoms with Crippen molar-refractivity contribution in [2.24, 2.45) is 0 Å². The Bertz CT molecular complexity index is 1840. The summed E-state index contributed by atoms with van der Waals surface area (Å²) in [5, 5.41) is 8.03. The molecule has 3 atom stereocenters. The molecule has 0 spiro atoms. The van der Waals surface area contributed by atoms with Crippen molar-refractivity contribution in [1.82, 2.24) is 29.6 Å². The predicted molar refractivity (Wildman–Crippen MR) is 159 cm³/mol. The van der Waals surface area contributed by atoms with E-state index < -0.39 is 11.6 Å². The molecule has 2 fully saturated rings. The molecular formula is C30H27BrN8O3. The minimum atomic E-state index is -0.825. The standard InChI is InChI=1S/C30H27BrN8O3/c1-15-6-7-24(31)35-28(15)36-29(42)22-10-30(32-5)11-23(30)39(22)25(41)14-38-27-16(2)8-19(20-12-33-18(4)34-13-20)9-21(27)26(37-38)17(3)40/h6-9,12-13,22-23H,10-11,14H2,1-4H3,(H,35,36,42)/t22-,23+,30+/m0/s1. The zero-order valence-corrected chi connectivity index (χ0v) is 25.1.